The second-order valence-corrected chi connectivity index (χ2v) is 6.40. The molecule has 2 aromatic carbocycles. The molecule has 1 amide bonds. The number of H-pyrrole nitrogens is 1. The van der Waals surface area contributed by atoms with E-state index in [0.717, 1.165) is 0 Å². The van der Waals surface area contributed by atoms with Gasteiger partial charge in [-0.05, 0) is 24.3 Å². The van der Waals surface area contributed by atoms with E-state index in [1.807, 2.05) is 0 Å². The fourth-order valence-electron chi connectivity index (χ4n) is 2.42. The van der Waals surface area contributed by atoms with Gasteiger partial charge in [0.15, 0.2) is 6.61 Å². The van der Waals surface area contributed by atoms with Crippen LogP contribution in [0.2, 0.25) is 10.0 Å². The summed E-state index contributed by atoms with van der Waals surface area (Å²) in [6, 6.07) is 11.4. The van der Waals surface area contributed by atoms with Crippen molar-refractivity contribution >= 4 is 51.5 Å². The summed E-state index contributed by atoms with van der Waals surface area (Å²) >= 11 is 11.8. The smallest absolute Gasteiger partial charge is 0.312 e. The normalized spacial score (nSPS) is 10.6. The number of carbonyl (C=O) groups is 2. The molecule has 0 unspecified atom stereocenters. The quantitative estimate of drug-likeness (QED) is 0.635. The number of hydrogen-bond acceptors (Lipinski definition) is 5. The summed E-state index contributed by atoms with van der Waals surface area (Å²) in [5, 5.41) is 10.4. The van der Waals surface area contributed by atoms with Crippen molar-refractivity contribution in [3.63, 3.8) is 0 Å². The number of hydrogen-bond donors (Lipinski definition) is 2. The van der Waals surface area contributed by atoms with Crippen LogP contribution in [0.4, 0.5) is 5.69 Å². The maximum absolute atomic E-state index is 12.0. The van der Waals surface area contributed by atoms with E-state index in [0.29, 0.717) is 32.2 Å². The van der Waals surface area contributed by atoms with E-state index in [4.69, 9.17) is 27.9 Å². The Morgan fingerprint density at radius 2 is 1.85 bits per heavy atom. The van der Waals surface area contributed by atoms with Crippen LogP contribution in [0, 0.1) is 0 Å². The Labute approximate surface area is 163 Å². The first-order chi connectivity index (χ1) is 12.9. The predicted molar refractivity (Wildman–Crippen MR) is 102 cm³/mol. The zero-order valence-corrected chi connectivity index (χ0v) is 15.3. The van der Waals surface area contributed by atoms with Crippen molar-refractivity contribution < 1.29 is 14.3 Å². The molecule has 0 radical (unpaired) electrons. The van der Waals surface area contributed by atoms with Crippen molar-refractivity contribution in [2.24, 2.45) is 0 Å². The van der Waals surface area contributed by atoms with Gasteiger partial charge in [-0.15, -0.1) is 0 Å². The van der Waals surface area contributed by atoms with E-state index >= 15 is 0 Å². The Hall–Kier alpha value is -2.90. The lowest BCUT2D eigenvalue weighted by Crippen LogP contribution is -2.22. The van der Waals surface area contributed by atoms with Gasteiger partial charge in [-0.25, -0.2) is 5.10 Å². The largest absolute Gasteiger partial charge is 0.455 e. The second-order valence-electron chi connectivity index (χ2n) is 5.55. The topological polar surface area (TPSA) is 101 Å². The minimum atomic E-state index is -0.660. The summed E-state index contributed by atoms with van der Waals surface area (Å²) in [5.41, 5.74) is 0.326. The van der Waals surface area contributed by atoms with Crippen LogP contribution in [0.5, 0.6) is 0 Å². The maximum Gasteiger partial charge on any atom is 0.312 e. The van der Waals surface area contributed by atoms with Gasteiger partial charge in [0, 0.05) is 10.4 Å². The molecule has 0 fully saturated rings. The first-order valence-electron chi connectivity index (χ1n) is 7.81. The first-order valence-corrected chi connectivity index (χ1v) is 8.56. The fourth-order valence-corrected chi connectivity index (χ4v) is 2.76. The number of aromatic nitrogens is 2. The molecule has 138 valence electrons. The van der Waals surface area contributed by atoms with E-state index in [9.17, 15) is 14.4 Å². The van der Waals surface area contributed by atoms with Crippen LogP contribution < -0.4 is 10.9 Å². The van der Waals surface area contributed by atoms with Crippen molar-refractivity contribution in [3.8, 4) is 0 Å². The minimum Gasteiger partial charge on any atom is -0.455 e. The molecule has 0 spiro atoms. The number of halogens is 2. The van der Waals surface area contributed by atoms with Gasteiger partial charge < -0.3 is 10.1 Å². The van der Waals surface area contributed by atoms with Crippen molar-refractivity contribution in [1.29, 1.82) is 0 Å². The Balaban J connectivity index is 1.62. The summed E-state index contributed by atoms with van der Waals surface area (Å²) < 4.78 is 4.97. The Bertz CT molecular complexity index is 1080. The number of rotatable bonds is 5. The van der Waals surface area contributed by atoms with E-state index in [-0.39, 0.29) is 12.0 Å². The molecule has 3 rings (SSSR count). The highest BCUT2D eigenvalue weighted by Gasteiger charge is 2.14. The molecule has 0 saturated heterocycles. The molecule has 0 bridgehead atoms. The number of ether oxygens (including phenoxy) is 1. The van der Waals surface area contributed by atoms with E-state index < -0.39 is 18.5 Å². The minimum absolute atomic E-state index is 0.192. The van der Waals surface area contributed by atoms with E-state index in [2.05, 4.69) is 15.5 Å². The highest BCUT2D eigenvalue weighted by atomic mass is 35.5. The SMILES string of the molecule is O=C(COC(=O)Cc1n[nH]c(=O)c2ccccc12)Nc1cc(Cl)ccc1Cl. The fraction of sp³-hybridized carbons (Fsp3) is 0.111. The zero-order chi connectivity index (χ0) is 19.4. The third-order valence-corrected chi connectivity index (χ3v) is 4.22. The van der Waals surface area contributed by atoms with Gasteiger partial charge >= 0.3 is 5.97 Å². The molecule has 0 saturated carbocycles. The average molecular weight is 406 g/mol. The molecule has 27 heavy (non-hydrogen) atoms. The number of benzene rings is 2. The van der Waals surface area contributed by atoms with Crippen molar-refractivity contribution in [2.75, 3.05) is 11.9 Å². The van der Waals surface area contributed by atoms with Crippen molar-refractivity contribution in [2.45, 2.75) is 6.42 Å². The third-order valence-electron chi connectivity index (χ3n) is 3.65. The molecule has 0 aliphatic carbocycles. The van der Waals surface area contributed by atoms with E-state index in [1.54, 1.807) is 36.4 Å². The number of aromatic amines is 1. The first kappa shape index (κ1) is 18.9. The third kappa shape index (κ3) is 4.64. The second kappa shape index (κ2) is 8.20. The molecule has 0 aliphatic heterocycles. The lowest BCUT2D eigenvalue weighted by molar-refractivity contribution is -0.146. The predicted octanol–water partition coefficient (Wildman–Crippen LogP) is 2.95. The molecule has 1 aromatic heterocycles. The number of anilines is 1. The molecule has 9 heteroatoms. The molecule has 2 N–H and O–H groups in total. The molecular weight excluding hydrogens is 393 g/mol. The van der Waals surface area contributed by atoms with Crippen LogP contribution in [0.15, 0.2) is 47.3 Å². The number of esters is 1. The van der Waals surface area contributed by atoms with Crippen LogP contribution in [0.1, 0.15) is 5.69 Å². The van der Waals surface area contributed by atoms with Crippen LogP contribution in [0.3, 0.4) is 0 Å². The number of amides is 1. The standard InChI is InChI=1S/C18H13Cl2N3O4/c19-10-5-6-13(20)15(7-10)21-16(24)9-27-17(25)8-14-11-3-1-2-4-12(11)18(26)23-22-14/h1-7H,8-9H2,(H,21,24)(H,23,26). The number of carbonyl (C=O) groups excluding carboxylic acids is 2. The van der Waals surface area contributed by atoms with Gasteiger partial charge in [-0.2, -0.15) is 5.10 Å². The molecule has 0 aliphatic rings. The van der Waals surface area contributed by atoms with Gasteiger partial charge in [-0.3, -0.25) is 14.4 Å². The van der Waals surface area contributed by atoms with Crippen LogP contribution in [-0.2, 0) is 20.7 Å². The number of nitrogens with one attached hydrogen (secondary N) is 2. The molecule has 1 heterocycles. The van der Waals surface area contributed by atoms with E-state index in [1.165, 1.54) is 6.07 Å². The summed E-state index contributed by atoms with van der Waals surface area (Å²) in [7, 11) is 0. The Morgan fingerprint density at radius 3 is 2.63 bits per heavy atom. The van der Waals surface area contributed by atoms with Crippen molar-refractivity contribution in [3.05, 3.63) is 68.6 Å². The van der Waals surface area contributed by atoms with Crippen molar-refractivity contribution in [1.82, 2.24) is 10.2 Å². The van der Waals surface area contributed by atoms with Gasteiger partial charge in [0.1, 0.15) is 0 Å². The van der Waals surface area contributed by atoms with Gasteiger partial charge in [0.05, 0.1) is 28.2 Å². The Morgan fingerprint density at radius 1 is 1.11 bits per heavy atom. The molecular formula is C18H13Cl2N3O4. The summed E-state index contributed by atoms with van der Waals surface area (Å²) in [6.45, 7) is -0.497. The van der Waals surface area contributed by atoms with Crippen LogP contribution >= 0.6 is 23.2 Å². The zero-order valence-electron chi connectivity index (χ0n) is 13.8. The maximum atomic E-state index is 12.0. The lowest BCUT2D eigenvalue weighted by Gasteiger charge is -2.09. The molecule has 0 atom stereocenters. The summed E-state index contributed by atoms with van der Waals surface area (Å²) in [5.74, 6) is -1.22. The summed E-state index contributed by atoms with van der Waals surface area (Å²) in [4.78, 5) is 35.7. The summed E-state index contributed by atoms with van der Waals surface area (Å²) in [6.07, 6.45) is -0.192. The molecule has 3 aromatic rings. The highest BCUT2D eigenvalue weighted by molar-refractivity contribution is 6.35. The average Bonchev–Trinajstić information content (AvgIpc) is 2.65. The van der Waals surface area contributed by atoms with Crippen LogP contribution in [0.25, 0.3) is 10.8 Å². The highest BCUT2D eigenvalue weighted by Crippen LogP contribution is 2.25. The van der Waals surface area contributed by atoms with Gasteiger partial charge in [-0.1, -0.05) is 41.4 Å². The van der Waals surface area contributed by atoms with Crippen LogP contribution in [-0.4, -0.2) is 28.7 Å². The molecule has 7 nitrogen and oxygen atoms in total. The number of nitrogens with zero attached hydrogens (tertiary/aromatic N) is 1. The van der Waals surface area contributed by atoms with Gasteiger partial charge in [0.2, 0.25) is 0 Å². The monoisotopic (exact) mass is 405 g/mol. The van der Waals surface area contributed by atoms with Gasteiger partial charge in [0.25, 0.3) is 11.5 Å². The lowest BCUT2D eigenvalue weighted by atomic mass is 10.1. The Kier molecular flexibility index (Phi) is 5.73. The number of fused-ring (bicyclic) bond motifs is 1.